The van der Waals surface area contributed by atoms with Crippen LogP contribution < -0.4 is 5.32 Å². The summed E-state index contributed by atoms with van der Waals surface area (Å²) in [5, 5.41) is 22.8. The van der Waals surface area contributed by atoms with E-state index in [4.69, 9.17) is 4.74 Å². The molecule has 1 N–H and O–H groups in total. The van der Waals surface area contributed by atoms with Crippen LogP contribution in [0.25, 0.3) is 11.1 Å². The first-order valence-electron chi connectivity index (χ1n) is 9.21. The molecule has 0 saturated heterocycles. The number of benzene rings is 3. The normalized spacial score (nSPS) is 10.1. The van der Waals surface area contributed by atoms with Crippen LogP contribution in [0.15, 0.2) is 66.7 Å². The number of hydrogen-bond acceptors (Lipinski definition) is 6. The highest BCUT2D eigenvalue weighted by molar-refractivity contribution is 6.00. The van der Waals surface area contributed by atoms with E-state index in [-0.39, 0.29) is 16.9 Å². The Bertz CT molecular complexity index is 1210. The van der Waals surface area contributed by atoms with Crippen LogP contribution in [0.3, 0.4) is 0 Å². The Labute approximate surface area is 177 Å². The van der Waals surface area contributed by atoms with Gasteiger partial charge in [0.2, 0.25) is 0 Å². The zero-order chi connectivity index (χ0) is 22.4. The van der Waals surface area contributed by atoms with Crippen LogP contribution in [0.4, 0.5) is 11.4 Å². The van der Waals surface area contributed by atoms with Crippen molar-refractivity contribution < 1.29 is 19.2 Å². The molecule has 31 heavy (non-hydrogen) atoms. The molecule has 3 aromatic carbocycles. The summed E-state index contributed by atoms with van der Waals surface area (Å²) in [6.07, 6.45) is 0. The number of aryl methyl sites for hydroxylation is 1. The quantitative estimate of drug-likeness (QED) is 0.365. The SMILES string of the molecule is Cc1ccc(NC(=O)COC(=O)c2ccccc2-c2ccccc2C#N)cc1[N+](=O)[O-]. The second kappa shape index (κ2) is 9.33. The van der Waals surface area contributed by atoms with E-state index in [1.165, 1.54) is 18.2 Å². The first kappa shape index (κ1) is 21.2. The molecule has 0 radical (unpaired) electrons. The highest BCUT2D eigenvalue weighted by Crippen LogP contribution is 2.27. The monoisotopic (exact) mass is 415 g/mol. The number of nitro benzene ring substituents is 1. The summed E-state index contributed by atoms with van der Waals surface area (Å²) in [7, 11) is 0. The Hall–Kier alpha value is -4.51. The van der Waals surface area contributed by atoms with Crippen molar-refractivity contribution in [3.63, 3.8) is 0 Å². The molecule has 0 fully saturated rings. The Balaban J connectivity index is 1.72. The lowest BCUT2D eigenvalue weighted by Crippen LogP contribution is -2.21. The first-order valence-corrected chi connectivity index (χ1v) is 9.21. The number of esters is 1. The molecule has 0 heterocycles. The summed E-state index contributed by atoms with van der Waals surface area (Å²) in [6.45, 7) is 1.02. The van der Waals surface area contributed by atoms with E-state index in [0.717, 1.165) is 0 Å². The molecule has 3 aromatic rings. The summed E-state index contributed by atoms with van der Waals surface area (Å²) in [4.78, 5) is 35.3. The van der Waals surface area contributed by atoms with Gasteiger partial charge in [-0.3, -0.25) is 14.9 Å². The maximum atomic E-state index is 12.6. The summed E-state index contributed by atoms with van der Waals surface area (Å²) in [5.74, 6) is -1.37. The standard InChI is InChI=1S/C23H17N3O5/c1-15-10-11-17(12-21(15)26(29)30)25-22(27)14-31-23(28)20-9-5-4-8-19(20)18-7-3-2-6-16(18)13-24/h2-12H,14H2,1H3,(H,25,27). The fourth-order valence-electron chi connectivity index (χ4n) is 3.00. The van der Waals surface area contributed by atoms with Crippen LogP contribution in [-0.4, -0.2) is 23.4 Å². The van der Waals surface area contributed by atoms with Crippen molar-refractivity contribution in [2.75, 3.05) is 11.9 Å². The van der Waals surface area contributed by atoms with Crippen LogP contribution in [0.1, 0.15) is 21.5 Å². The number of anilines is 1. The van der Waals surface area contributed by atoms with Crippen molar-refractivity contribution in [1.29, 1.82) is 5.26 Å². The molecule has 0 aromatic heterocycles. The Kier molecular flexibility index (Phi) is 6.38. The number of ether oxygens (including phenoxy) is 1. The van der Waals surface area contributed by atoms with Gasteiger partial charge >= 0.3 is 5.97 Å². The minimum atomic E-state index is -0.728. The predicted molar refractivity (Wildman–Crippen MR) is 113 cm³/mol. The van der Waals surface area contributed by atoms with Gasteiger partial charge in [0.15, 0.2) is 6.61 Å². The van der Waals surface area contributed by atoms with Gasteiger partial charge in [-0.15, -0.1) is 0 Å². The van der Waals surface area contributed by atoms with Gasteiger partial charge < -0.3 is 10.1 Å². The number of amides is 1. The first-order chi connectivity index (χ1) is 14.9. The van der Waals surface area contributed by atoms with E-state index >= 15 is 0 Å². The summed E-state index contributed by atoms with van der Waals surface area (Å²) in [5.41, 5.74) is 2.27. The number of carbonyl (C=O) groups excluding carboxylic acids is 2. The third kappa shape index (κ3) is 4.92. The fourth-order valence-corrected chi connectivity index (χ4v) is 3.00. The average Bonchev–Trinajstić information content (AvgIpc) is 2.78. The second-order valence-corrected chi connectivity index (χ2v) is 6.59. The number of nitrogens with zero attached hydrogens (tertiary/aromatic N) is 2. The van der Waals surface area contributed by atoms with Gasteiger partial charge in [-0.05, 0) is 30.7 Å². The molecule has 1 amide bonds. The van der Waals surface area contributed by atoms with Gasteiger partial charge in [0.25, 0.3) is 11.6 Å². The van der Waals surface area contributed by atoms with E-state index < -0.39 is 23.4 Å². The summed E-state index contributed by atoms with van der Waals surface area (Å²) in [6, 6.07) is 19.8. The number of nitro groups is 1. The van der Waals surface area contributed by atoms with Crippen LogP contribution in [-0.2, 0) is 9.53 Å². The van der Waals surface area contributed by atoms with Crippen molar-refractivity contribution in [3.8, 4) is 17.2 Å². The van der Waals surface area contributed by atoms with Crippen molar-refractivity contribution in [3.05, 3.63) is 93.5 Å². The molecule has 0 aliphatic carbocycles. The molecule has 8 heteroatoms. The topological polar surface area (TPSA) is 122 Å². The third-order valence-electron chi connectivity index (χ3n) is 4.51. The lowest BCUT2D eigenvalue weighted by molar-refractivity contribution is -0.385. The van der Waals surface area contributed by atoms with Crippen molar-refractivity contribution in [2.24, 2.45) is 0 Å². The maximum Gasteiger partial charge on any atom is 0.339 e. The molecule has 0 atom stereocenters. The number of rotatable bonds is 6. The lowest BCUT2D eigenvalue weighted by atomic mass is 9.96. The zero-order valence-electron chi connectivity index (χ0n) is 16.5. The molecule has 154 valence electrons. The van der Waals surface area contributed by atoms with Crippen molar-refractivity contribution >= 4 is 23.3 Å². The fraction of sp³-hybridized carbons (Fsp3) is 0.0870. The highest BCUT2D eigenvalue weighted by atomic mass is 16.6. The van der Waals surface area contributed by atoms with Gasteiger partial charge in [0, 0.05) is 22.9 Å². The molecule has 0 aliphatic rings. The molecule has 0 unspecified atom stereocenters. The minimum absolute atomic E-state index is 0.125. The van der Waals surface area contributed by atoms with Crippen LogP contribution >= 0.6 is 0 Å². The van der Waals surface area contributed by atoms with Crippen LogP contribution in [0.5, 0.6) is 0 Å². The maximum absolute atomic E-state index is 12.6. The lowest BCUT2D eigenvalue weighted by Gasteiger charge is -2.11. The number of nitrogens with one attached hydrogen (secondary N) is 1. The Morgan fingerprint density at radius 3 is 2.45 bits per heavy atom. The molecule has 0 bridgehead atoms. The highest BCUT2D eigenvalue weighted by Gasteiger charge is 2.18. The number of carbonyl (C=O) groups is 2. The molecular formula is C23H17N3O5. The van der Waals surface area contributed by atoms with Crippen molar-refractivity contribution in [1.82, 2.24) is 0 Å². The van der Waals surface area contributed by atoms with E-state index in [0.29, 0.717) is 22.3 Å². The van der Waals surface area contributed by atoms with Gasteiger partial charge in [-0.25, -0.2) is 4.79 Å². The summed E-state index contributed by atoms with van der Waals surface area (Å²) < 4.78 is 5.13. The zero-order valence-corrected chi connectivity index (χ0v) is 16.5. The molecular weight excluding hydrogens is 398 g/mol. The third-order valence-corrected chi connectivity index (χ3v) is 4.51. The van der Waals surface area contributed by atoms with E-state index in [1.54, 1.807) is 55.5 Å². The molecule has 3 rings (SSSR count). The van der Waals surface area contributed by atoms with Gasteiger partial charge in [-0.1, -0.05) is 42.5 Å². The van der Waals surface area contributed by atoms with E-state index in [2.05, 4.69) is 11.4 Å². The van der Waals surface area contributed by atoms with Gasteiger partial charge in [0.1, 0.15) is 0 Å². The predicted octanol–water partition coefficient (Wildman–Crippen LogP) is 4.24. The van der Waals surface area contributed by atoms with Gasteiger partial charge in [-0.2, -0.15) is 5.26 Å². The summed E-state index contributed by atoms with van der Waals surface area (Å²) >= 11 is 0. The second-order valence-electron chi connectivity index (χ2n) is 6.59. The van der Waals surface area contributed by atoms with E-state index in [9.17, 15) is 25.0 Å². The number of nitriles is 1. The minimum Gasteiger partial charge on any atom is -0.452 e. The van der Waals surface area contributed by atoms with E-state index in [1.807, 2.05) is 0 Å². The van der Waals surface area contributed by atoms with Crippen molar-refractivity contribution in [2.45, 2.75) is 6.92 Å². The Morgan fingerprint density at radius 2 is 1.74 bits per heavy atom. The molecule has 0 spiro atoms. The van der Waals surface area contributed by atoms with Crippen LogP contribution in [0, 0.1) is 28.4 Å². The number of hydrogen-bond donors (Lipinski definition) is 1. The molecule has 0 saturated carbocycles. The Morgan fingerprint density at radius 1 is 1.06 bits per heavy atom. The average molecular weight is 415 g/mol. The van der Waals surface area contributed by atoms with Gasteiger partial charge in [0.05, 0.1) is 22.1 Å². The smallest absolute Gasteiger partial charge is 0.339 e. The van der Waals surface area contributed by atoms with Crippen LogP contribution in [0.2, 0.25) is 0 Å². The molecule has 8 nitrogen and oxygen atoms in total. The largest absolute Gasteiger partial charge is 0.452 e. The molecule has 0 aliphatic heterocycles.